The average molecular weight is 418 g/mol. The molecule has 3 heterocycles. The Morgan fingerprint density at radius 3 is 2.61 bits per heavy atom. The predicted molar refractivity (Wildman–Crippen MR) is 112 cm³/mol. The summed E-state index contributed by atoms with van der Waals surface area (Å²) >= 11 is 0. The maximum Gasteiger partial charge on any atom is 0.331 e. The van der Waals surface area contributed by atoms with Crippen LogP contribution in [0.1, 0.15) is 32.5 Å². The summed E-state index contributed by atoms with van der Waals surface area (Å²) in [6.45, 7) is 0.0690. The van der Waals surface area contributed by atoms with E-state index in [0.717, 1.165) is 5.56 Å². The molecule has 1 unspecified atom stereocenters. The number of carbonyl (C=O) groups excluding carboxylic acids is 2. The van der Waals surface area contributed by atoms with Crippen LogP contribution in [0.4, 0.5) is 0 Å². The number of fused-ring (bicyclic) bond motifs is 1. The number of imidazole rings is 1. The van der Waals surface area contributed by atoms with Gasteiger partial charge in [-0.25, -0.2) is 9.78 Å². The molecule has 0 aliphatic carbocycles. The first kappa shape index (κ1) is 19.8. The van der Waals surface area contributed by atoms with Gasteiger partial charge in [-0.3, -0.25) is 18.8 Å². The highest BCUT2D eigenvalue weighted by atomic mass is 16.2. The summed E-state index contributed by atoms with van der Waals surface area (Å²) in [4.78, 5) is 57.5. The summed E-state index contributed by atoms with van der Waals surface area (Å²) in [5, 5.41) is 5.58. The number of nitrogens with zero attached hydrogens (tertiary/aromatic N) is 2. The summed E-state index contributed by atoms with van der Waals surface area (Å²) < 4.78 is 1.29. The fourth-order valence-corrected chi connectivity index (χ4v) is 3.08. The number of hydrogen-bond acceptors (Lipinski definition) is 5. The second kappa shape index (κ2) is 8.49. The van der Waals surface area contributed by atoms with Gasteiger partial charge in [-0.05, 0) is 11.6 Å². The molecular weight excluding hydrogens is 400 g/mol. The predicted octanol–water partition coefficient (Wildman–Crippen LogP) is 0.612. The van der Waals surface area contributed by atoms with Crippen LogP contribution in [-0.2, 0) is 0 Å². The van der Waals surface area contributed by atoms with Gasteiger partial charge in [0.05, 0.1) is 11.6 Å². The van der Waals surface area contributed by atoms with Crippen LogP contribution >= 0.6 is 0 Å². The van der Waals surface area contributed by atoms with E-state index in [2.05, 4.69) is 25.6 Å². The number of pyridine rings is 1. The monoisotopic (exact) mass is 418 g/mol. The van der Waals surface area contributed by atoms with Gasteiger partial charge in [0, 0.05) is 37.3 Å². The molecule has 0 aliphatic heterocycles. The quantitative estimate of drug-likeness (QED) is 0.363. The van der Waals surface area contributed by atoms with E-state index >= 15 is 0 Å². The van der Waals surface area contributed by atoms with Gasteiger partial charge >= 0.3 is 5.69 Å². The molecule has 0 aliphatic rings. The molecule has 4 aromatic rings. The Balaban J connectivity index is 1.52. The first-order chi connectivity index (χ1) is 15.0. The molecule has 156 valence electrons. The molecule has 1 aromatic carbocycles. The lowest BCUT2D eigenvalue weighted by Crippen LogP contribution is -2.38. The molecule has 10 heteroatoms. The first-order valence-corrected chi connectivity index (χ1v) is 9.40. The summed E-state index contributed by atoms with van der Waals surface area (Å²) in [6, 6.07) is 12.7. The Bertz CT molecular complexity index is 1340. The smallest absolute Gasteiger partial charge is 0.331 e. The highest BCUT2D eigenvalue weighted by Crippen LogP contribution is 2.13. The fraction of sp³-hybridized carbons (Fsp3) is 0.0952. The van der Waals surface area contributed by atoms with Crippen LogP contribution in [-0.4, -0.2) is 37.7 Å². The molecular formula is C21H18N6O4. The van der Waals surface area contributed by atoms with Crippen LogP contribution < -0.4 is 21.9 Å². The van der Waals surface area contributed by atoms with Crippen molar-refractivity contribution in [2.75, 3.05) is 6.54 Å². The molecule has 10 nitrogen and oxygen atoms in total. The van der Waals surface area contributed by atoms with Gasteiger partial charge in [0.1, 0.15) is 11.3 Å². The molecule has 0 radical (unpaired) electrons. The van der Waals surface area contributed by atoms with E-state index < -0.39 is 23.5 Å². The highest BCUT2D eigenvalue weighted by molar-refractivity contribution is 5.94. The molecule has 0 fully saturated rings. The largest absolute Gasteiger partial charge is 0.348 e. The van der Waals surface area contributed by atoms with Gasteiger partial charge in [-0.15, -0.1) is 0 Å². The van der Waals surface area contributed by atoms with Gasteiger partial charge in [0.15, 0.2) is 0 Å². The molecule has 31 heavy (non-hydrogen) atoms. The lowest BCUT2D eigenvalue weighted by molar-refractivity contribution is 0.0906. The van der Waals surface area contributed by atoms with Crippen molar-refractivity contribution < 1.29 is 9.59 Å². The summed E-state index contributed by atoms with van der Waals surface area (Å²) in [5.74, 6) is -0.923. The number of aromatic amines is 2. The van der Waals surface area contributed by atoms with Crippen molar-refractivity contribution in [2.24, 2.45) is 0 Å². The Morgan fingerprint density at radius 2 is 1.87 bits per heavy atom. The van der Waals surface area contributed by atoms with E-state index in [1.54, 1.807) is 0 Å². The molecule has 1 atom stereocenters. The van der Waals surface area contributed by atoms with Gasteiger partial charge in [-0.1, -0.05) is 30.3 Å². The summed E-state index contributed by atoms with van der Waals surface area (Å²) in [7, 11) is 0. The van der Waals surface area contributed by atoms with Gasteiger partial charge < -0.3 is 20.6 Å². The SMILES string of the molecule is O=C(NC(CNC(=O)c1cc2nccn2c(=O)[nH]1)c1ccccc1)c1ccc(=O)[nH]c1. The van der Waals surface area contributed by atoms with Crippen molar-refractivity contribution in [1.82, 2.24) is 30.0 Å². The number of aromatic nitrogens is 4. The highest BCUT2D eigenvalue weighted by Gasteiger charge is 2.18. The lowest BCUT2D eigenvalue weighted by atomic mass is 10.1. The summed E-state index contributed by atoms with van der Waals surface area (Å²) in [6.07, 6.45) is 4.28. The van der Waals surface area contributed by atoms with E-state index in [1.807, 2.05) is 30.3 Å². The number of nitrogens with one attached hydrogen (secondary N) is 4. The van der Waals surface area contributed by atoms with Crippen molar-refractivity contribution in [3.63, 3.8) is 0 Å². The second-order valence-electron chi connectivity index (χ2n) is 6.73. The summed E-state index contributed by atoms with van der Waals surface area (Å²) in [5.41, 5.74) is 0.666. The normalized spacial score (nSPS) is 11.7. The Hall–Kier alpha value is -4.47. The van der Waals surface area contributed by atoms with Crippen LogP contribution in [0.2, 0.25) is 0 Å². The maximum atomic E-state index is 12.6. The van der Waals surface area contributed by atoms with Gasteiger partial charge in [-0.2, -0.15) is 0 Å². The lowest BCUT2D eigenvalue weighted by Gasteiger charge is -2.20. The van der Waals surface area contributed by atoms with Crippen molar-refractivity contribution in [3.8, 4) is 0 Å². The average Bonchev–Trinajstić information content (AvgIpc) is 3.27. The van der Waals surface area contributed by atoms with E-state index in [-0.39, 0.29) is 23.4 Å². The molecule has 4 N–H and O–H groups in total. The van der Waals surface area contributed by atoms with Crippen molar-refractivity contribution in [3.05, 3.63) is 105 Å². The molecule has 0 saturated heterocycles. The fourth-order valence-electron chi connectivity index (χ4n) is 3.08. The standard InChI is InChI=1S/C21H18N6O4/c28-18-7-6-14(11-23-18)19(29)25-16(13-4-2-1-3-5-13)12-24-20(30)15-10-17-22-8-9-27(17)21(31)26-15/h1-11,16H,12H2,(H,23,28)(H,24,30)(H,25,29)(H,26,31). The number of amides is 2. The minimum atomic E-state index is -0.550. The van der Waals surface area contributed by atoms with E-state index in [4.69, 9.17) is 0 Å². The molecule has 4 rings (SSSR count). The molecule has 0 saturated carbocycles. The third-order valence-electron chi connectivity index (χ3n) is 4.67. The van der Waals surface area contributed by atoms with Crippen LogP contribution in [0.25, 0.3) is 5.65 Å². The molecule has 0 spiro atoms. The van der Waals surface area contributed by atoms with Gasteiger partial charge in [0.25, 0.3) is 11.8 Å². The number of carbonyl (C=O) groups is 2. The Kier molecular flexibility index (Phi) is 5.43. The van der Waals surface area contributed by atoms with Crippen molar-refractivity contribution in [2.45, 2.75) is 6.04 Å². The minimum absolute atomic E-state index is 0.0578. The first-order valence-electron chi connectivity index (χ1n) is 9.40. The zero-order valence-electron chi connectivity index (χ0n) is 16.2. The number of benzene rings is 1. The Morgan fingerprint density at radius 1 is 1.06 bits per heavy atom. The van der Waals surface area contributed by atoms with E-state index in [1.165, 1.54) is 41.2 Å². The Labute approximate surface area is 175 Å². The minimum Gasteiger partial charge on any atom is -0.348 e. The zero-order valence-corrected chi connectivity index (χ0v) is 16.2. The van der Waals surface area contributed by atoms with Crippen LogP contribution in [0.15, 0.2) is 76.7 Å². The van der Waals surface area contributed by atoms with E-state index in [0.29, 0.717) is 5.65 Å². The molecule has 0 bridgehead atoms. The third-order valence-corrected chi connectivity index (χ3v) is 4.67. The van der Waals surface area contributed by atoms with Crippen molar-refractivity contribution >= 4 is 17.5 Å². The van der Waals surface area contributed by atoms with E-state index in [9.17, 15) is 19.2 Å². The van der Waals surface area contributed by atoms with Crippen LogP contribution in [0.3, 0.4) is 0 Å². The number of H-pyrrole nitrogens is 2. The molecule has 3 aromatic heterocycles. The van der Waals surface area contributed by atoms with Crippen LogP contribution in [0.5, 0.6) is 0 Å². The topological polar surface area (TPSA) is 141 Å². The number of rotatable bonds is 6. The molecule has 2 amide bonds. The second-order valence-corrected chi connectivity index (χ2v) is 6.73. The number of hydrogen-bond donors (Lipinski definition) is 4. The van der Waals surface area contributed by atoms with Gasteiger partial charge in [0.2, 0.25) is 5.56 Å². The van der Waals surface area contributed by atoms with Crippen LogP contribution in [0, 0.1) is 0 Å². The van der Waals surface area contributed by atoms with Crippen molar-refractivity contribution in [1.29, 1.82) is 0 Å². The zero-order chi connectivity index (χ0) is 21.8. The maximum absolute atomic E-state index is 12.6. The third kappa shape index (κ3) is 4.42.